The normalized spacial score (nSPS) is 10.8. The lowest BCUT2D eigenvalue weighted by atomic mass is 10.1. The SMILES string of the molecule is O=C(Nc1ccc(F)c(Cl)c1)c1nn(-c2ccccc2)c(=O)c2ccccc12. The molecule has 0 fully saturated rings. The number of nitrogens with one attached hydrogen (secondary N) is 1. The van der Waals surface area contributed by atoms with E-state index in [4.69, 9.17) is 11.6 Å². The molecule has 5 nitrogen and oxygen atoms in total. The molecule has 0 aliphatic heterocycles. The number of hydrogen-bond donors (Lipinski definition) is 1. The first-order valence-electron chi connectivity index (χ1n) is 8.38. The number of carbonyl (C=O) groups excluding carboxylic acids is 1. The molecular formula is C21H13ClFN3O2. The van der Waals surface area contributed by atoms with E-state index in [0.717, 1.165) is 6.07 Å². The van der Waals surface area contributed by atoms with Gasteiger partial charge in [0.1, 0.15) is 5.82 Å². The maximum atomic E-state index is 13.4. The van der Waals surface area contributed by atoms with Crippen molar-refractivity contribution in [3.05, 3.63) is 99.7 Å². The van der Waals surface area contributed by atoms with Gasteiger partial charge in [-0.15, -0.1) is 0 Å². The molecule has 28 heavy (non-hydrogen) atoms. The third kappa shape index (κ3) is 3.25. The summed E-state index contributed by atoms with van der Waals surface area (Å²) >= 11 is 5.78. The van der Waals surface area contributed by atoms with E-state index in [1.54, 1.807) is 48.5 Å². The van der Waals surface area contributed by atoms with E-state index in [-0.39, 0.29) is 16.3 Å². The van der Waals surface area contributed by atoms with Gasteiger partial charge in [-0.05, 0) is 36.4 Å². The van der Waals surface area contributed by atoms with Gasteiger partial charge in [0.05, 0.1) is 16.1 Å². The standard InChI is InChI=1S/C21H13ClFN3O2/c22-17-12-13(10-11-18(17)23)24-20(27)19-15-8-4-5-9-16(15)21(28)26(25-19)14-6-2-1-3-7-14/h1-12H,(H,24,27). The van der Waals surface area contributed by atoms with Crippen molar-refractivity contribution in [2.75, 3.05) is 5.32 Å². The molecule has 7 heteroatoms. The predicted molar refractivity (Wildman–Crippen MR) is 107 cm³/mol. The number of anilines is 1. The van der Waals surface area contributed by atoms with Crippen LogP contribution in [0.2, 0.25) is 5.02 Å². The van der Waals surface area contributed by atoms with E-state index in [2.05, 4.69) is 10.4 Å². The summed E-state index contributed by atoms with van der Waals surface area (Å²) in [6.07, 6.45) is 0. The smallest absolute Gasteiger partial charge is 0.279 e. The Balaban J connectivity index is 1.86. The molecule has 1 heterocycles. The van der Waals surface area contributed by atoms with Gasteiger partial charge in [0.15, 0.2) is 5.69 Å². The average molecular weight is 394 g/mol. The van der Waals surface area contributed by atoms with Gasteiger partial charge in [-0.1, -0.05) is 48.0 Å². The van der Waals surface area contributed by atoms with Crippen LogP contribution in [0.3, 0.4) is 0 Å². The quantitative estimate of drug-likeness (QED) is 0.560. The van der Waals surface area contributed by atoms with Crippen LogP contribution in [0.4, 0.5) is 10.1 Å². The second kappa shape index (κ2) is 7.25. The van der Waals surface area contributed by atoms with Gasteiger partial charge in [-0.25, -0.2) is 4.39 Å². The van der Waals surface area contributed by atoms with Crippen molar-refractivity contribution in [1.82, 2.24) is 9.78 Å². The number of carbonyl (C=O) groups is 1. The van der Waals surface area contributed by atoms with Crippen LogP contribution in [-0.2, 0) is 0 Å². The highest BCUT2D eigenvalue weighted by Gasteiger charge is 2.18. The van der Waals surface area contributed by atoms with Gasteiger partial charge >= 0.3 is 0 Å². The lowest BCUT2D eigenvalue weighted by Gasteiger charge is -2.11. The van der Waals surface area contributed by atoms with Crippen LogP contribution in [-0.4, -0.2) is 15.7 Å². The van der Waals surface area contributed by atoms with E-state index < -0.39 is 11.7 Å². The number of benzene rings is 3. The molecule has 0 atom stereocenters. The molecule has 4 rings (SSSR count). The second-order valence-electron chi connectivity index (χ2n) is 6.03. The van der Waals surface area contributed by atoms with Gasteiger partial charge in [0.2, 0.25) is 0 Å². The maximum Gasteiger partial charge on any atom is 0.279 e. The lowest BCUT2D eigenvalue weighted by molar-refractivity contribution is 0.102. The molecule has 4 aromatic rings. The van der Waals surface area contributed by atoms with Crippen molar-refractivity contribution in [2.24, 2.45) is 0 Å². The second-order valence-corrected chi connectivity index (χ2v) is 6.44. The van der Waals surface area contributed by atoms with Gasteiger partial charge in [-0.2, -0.15) is 9.78 Å². The molecule has 0 radical (unpaired) electrons. The first-order chi connectivity index (χ1) is 13.5. The summed E-state index contributed by atoms with van der Waals surface area (Å²) in [4.78, 5) is 25.7. The number of para-hydroxylation sites is 1. The van der Waals surface area contributed by atoms with E-state index >= 15 is 0 Å². The van der Waals surface area contributed by atoms with Crippen molar-refractivity contribution in [2.45, 2.75) is 0 Å². The molecule has 0 spiro atoms. The van der Waals surface area contributed by atoms with Crippen LogP contribution in [0.1, 0.15) is 10.5 Å². The zero-order valence-corrected chi connectivity index (χ0v) is 15.2. The van der Waals surface area contributed by atoms with Gasteiger partial charge in [0, 0.05) is 11.1 Å². The van der Waals surface area contributed by atoms with Crippen molar-refractivity contribution < 1.29 is 9.18 Å². The van der Waals surface area contributed by atoms with Crippen LogP contribution in [0.5, 0.6) is 0 Å². The number of halogens is 2. The highest BCUT2D eigenvalue weighted by atomic mass is 35.5. The highest BCUT2D eigenvalue weighted by Crippen LogP contribution is 2.21. The Morgan fingerprint density at radius 2 is 1.64 bits per heavy atom. The van der Waals surface area contributed by atoms with Crippen LogP contribution in [0, 0.1) is 5.82 Å². The van der Waals surface area contributed by atoms with E-state index in [1.807, 2.05) is 6.07 Å². The summed E-state index contributed by atoms with van der Waals surface area (Å²) in [6.45, 7) is 0. The van der Waals surface area contributed by atoms with E-state index in [9.17, 15) is 14.0 Å². The minimum Gasteiger partial charge on any atom is -0.321 e. The van der Waals surface area contributed by atoms with E-state index in [0.29, 0.717) is 22.1 Å². The van der Waals surface area contributed by atoms with Crippen LogP contribution in [0.15, 0.2) is 77.6 Å². The van der Waals surface area contributed by atoms with Crippen LogP contribution >= 0.6 is 11.6 Å². The number of amides is 1. The molecule has 1 amide bonds. The number of rotatable bonds is 3. The Kier molecular flexibility index (Phi) is 4.63. The third-order valence-electron chi connectivity index (χ3n) is 4.20. The Morgan fingerprint density at radius 1 is 0.964 bits per heavy atom. The lowest BCUT2D eigenvalue weighted by Crippen LogP contribution is -2.26. The summed E-state index contributed by atoms with van der Waals surface area (Å²) in [5, 5.41) is 7.62. The fraction of sp³-hybridized carbons (Fsp3) is 0. The highest BCUT2D eigenvalue weighted by molar-refractivity contribution is 6.31. The molecule has 0 saturated carbocycles. The average Bonchev–Trinajstić information content (AvgIpc) is 2.72. The summed E-state index contributed by atoms with van der Waals surface area (Å²) in [6, 6.07) is 19.4. The molecule has 3 aromatic carbocycles. The van der Waals surface area contributed by atoms with Gasteiger partial charge in [0.25, 0.3) is 11.5 Å². The van der Waals surface area contributed by atoms with Crippen molar-refractivity contribution in [3.8, 4) is 5.69 Å². The van der Waals surface area contributed by atoms with Crippen LogP contribution in [0.25, 0.3) is 16.5 Å². The fourth-order valence-electron chi connectivity index (χ4n) is 2.87. The summed E-state index contributed by atoms with van der Waals surface area (Å²) in [5.74, 6) is -1.12. The molecule has 138 valence electrons. The molecule has 0 aliphatic carbocycles. The molecule has 0 unspecified atom stereocenters. The van der Waals surface area contributed by atoms with Crippen molar-refractivity contribution >= 4 is 34.0 Å². The Labute approximate surface area is 164 Å². The Bertz CT molecular complexity index is 1260. The Morgan fingerprint density at radius 3 is 2.36 bits per heavy atom. The van der Waals surface area contributed by atoms with Crippen molar-refractivity contribution in [3.63, 3.8) is 0 Å². The first-order valence-corrected chi connectivity index (χ1v) is 8.76. The number of nitrogens with zero attached hydrogens (tertiary/aromatic N) is 2. The summed E-state index contributed by atoms with van der Waals surface area (Å²) in [5.41, 5.74) is 0.597. The van der Waals surface area contributed by atoms with Crippen LogP contribution < -0.4 is 10.9 Å². The van der Waals surface area contributed by atoms with Gasteiger partial charge < -0.3 is 5.32 Å². The monoisotopic (exact) mass is 393 g/mol. The van der Waals surface area contributed by atoms with E-state index in [1.165, 1.54) is 16.8 Å². The first kappa shape index (κ1) is 17.9. The molecule has 0 bridgehead atoms. The molecular weight excluding hydrogens is 381 g/mol. The number of fused-ring (bicyclic) bond motifs is 1. The summed E-state index contributed by atoms with van der Waals surface area (Å²) < 4.78 is 14.5. The molecule has 1 aromatic heterocycles. The van der Waals surface area contributed by atoms with Gasteiger partial charge in [-0.3, -0.25) is 9.59 Å². The molecule has 0 saturated heterocycles. The zero-order chi connectivity index (χ0) is 19.7. The largest absolute Gasteiger partial charge is 0.321 e. The minimum absolute atomic E-state index is 0.0690. The molecule has 0 aliphatic rings. The number of hydrogen-bond acceptors (Lipinski definition) is 3. The number of aromatic nitrogens is 2. The Hall–Kier alpha value is -3.51. The molecule has 1 N–H and O–H groups in total. The predicted octanol–water partition coefficient (Wildman–Crippen LogP) is 4.43. The topological polar surface area (TPSA) is 64.0 Å². The summed E-state index contributed by atoms with van der Waals surface area (Å²) in [7, 11) is 0. The third-order valence-corrected chi connectivity index (χ3v) is 4.49. The maximum absolute atomic E-state index is 13.4. The zero-order valence-electron chi connectivity index (χ0n) is 14.4. The fourth-order valence-corrected chi connectivity index (χ4v) is 3.05. The van der Waals surface area contributed by atoms with Crippen molar-refractivity contribution in [1.29, 1.82) is 0 Å². The minimum atomic E-state index is -0.583.